The molecule has 0 aromatic rings. The van der Waals surface area contributed by atoms with E-state index < -0.39 is 11.9 Å². The van der Waals surface area contributed by atoms with E-state index in [9.17, 15) is 9.59 Å². The standard InChI is InChI=1S/C9H12O4/c1-3-7(4-5-8(10)11)6(2)9(12)13/h4-5H,3H2,1-2H3,(H,10,11)(H,12,13). The minimum Gasteiger partial charge on any atom is -0.478 e. The lowest BCUT2D eigenvalue weighted by molar-refractivity contribution is -0.133. The van der Waals surface area contributed by atoms with Crippen LogP contribution < -0.4 is 0 Å². The number of allylic oxidation sites excluding steroid dienone is 2. The van der Waals surface area contributed by atoms with Crippen molar-refractivity contribution in [3.63, 3.8) is 0 Å². The van der Waals surface area contributed by atoms with E-state index in [2.05, 4.69) is 0 Å². The fourth-order valence-electron chi connectivity index (χ4n) is 0.817. The monoisotopic (exact) mass is 184 g/mol. The van der Waals surface area contributed by atoms with Crippen molar-refractivity contribution in [2.45, 2.75) is 20.3 Å². The Kier molecular flexibility index (Phi) is 4.51. The van der Waals surface area contributed by atoms with Gasteiger partial charge < -0.3 is 10.2 Å². The highest BCUT2D eigenvalue weighted by Crippen LogP contribution is 2.09. The van der Waals surface area contributed by atoms with E-state index in [1.54, 1.807) is 6.92 Å². The molecule has 13 heavy (non-hydrogen) atoms. The molecule has 0 saturated carbocycles. The number of carbonyl (C=O) groups is 2. The van der Waals surface area contributed by atoms with Crippen LogP contribution in [0.2, 0.25) is 0 Å². The van der Waals surface area contributed by atoms with Gasteiger partial charge in [0.1, 0.15) is 0 Å². The van der Waals surface area contributed by atoms with Gasteiger partial charge in [0.05, 0.1) is 0 Å². The third-order valence-electron chi connectivity index (χ3n) is 1.61. The van der Waals surface area contributed by atoms with Crippen molar-refractivity contribution >= 4 is 11.9 Å². The van der Waals surface area contributed by atoms with E-state index in [1.807, 2.05) is 0 Å². The lowest BCUT2D eigenvalue weighted by Gasteiger charge is -1.99. The molecule has 0 bridgehead atoms. The zero-order chi connectivity index (χ0) is 10.4. The Morgan fingerprint density at radius 3 is 2.08 bits per heavy atom. The molecule has 0 radical (unpaired) electrons. The van der Waals surface area contributed by atoms with Crippen molar-refractivity contribution in [3.8, 4) is 0 Å². The summed E-state index contributed by atoms with van der Waals surface area (Å²) in [5.74, 6) is -2.10. The second kappa shape index (κ2) is 5.13. The predicted octanol–water partition coefficient (Wildman–Crippen LogP) is 1.44. The van der Waals surface area contributed by atoms with Crippen LogP contribution in [0.15, 0.2) is 23.3 Å². The first kappa shape index (κ1) is 11.4. The average molecular weight is 184 g/mol. The second-order valence-corrected chi connectivity index (χ2v) is 2.48. The summed E-state index contributed by atoms with van der Waals surface area (Å²) in [7, 11) is 0. The SMILES string of the molecule is CCC(C=CC(=O)O)=C(C)C(=O)O. The molecular formula is C9H12O4. The highest BCUT2D eigenvalue weighted by molar-refractivity contribution is 5.88. The lowest BCUT2D eigenvalue weighted by atomic mass is 10.1. The summed E-state index contributed by atoms with van der Waals surface area (Å²) in [5, 5.41) is 16.9. The molecule has 0 unspecified atom stereocenters. The molecule has 4 heteroatoms. The Balaban J connectivity index is 4.79. The van der Waals surface area contributed by atoms with Gasteiger partial charge in [-0.2, -0.15) is 0 Å². The summed E-state index contributed by atoms with van der Waals surface area (Å²) in [6.45, 7) is 3.22. The molecule has 0 aliphatic carbocycles. The number of hydrogen-bond acceptors (Lipinski definition) is 2. The molecule has 0 saturated heterocycles. The zero-order valence-electron chi connectivity index (χ0n) is 7.57. The molecule has 0 amide bonds. The maximum atomic E-state index is 10.5. The first-order valence-electron chi connectivity index (χ1n) is 3.83. The third-order valence-corrected chi connectivity index (χ3v) is 1.61. The summed E-state index contributed by atoms with van der Waals surface area (Å²) in [5.41, 5.74) is 0.704. The average Bonchev–Trinajstić information content (AvgIpc) is 2.04. The molecule has 0 fully saturated rings. The summed E-state index contributed by atoms with van der Waals surface area (Å²) < 4.78 is 0. The van der Waals surface area contributed by atoms with Gasteiger partial charge >= 0.3 is 11.9 Å². The molecule has 0 aromatic carbocycles. The van der Waals surface area contributed by atoms with Crippen molar-refractivity contribution < 1.29 is 19.8 Å². The normalized spacial score (nSPS) is 12.8. The van der Waals surface area contributed by atoms with Crippen molar-refractivity contribution in [2.75, 3.05) is 0 Å². The number of carboxylic acid groups (broad SMARTS) is 2. The maximum absolute atomic E-state index is 10.5. The van der Waals surface area contributed by atoms with Crippen LogP contribution in [0.3, 0.4) is 0 Å². The molecule has 0 aliphatic heterocycles. The number of aliphatic carboxylic acids is 2. The quantitative estimate of drug-likeness (QED) is 0.512. The maximum Gasteiger partial charge on any atom is 0.331 e. The summed E-state index contributed by atoms with van der Waals surface area (Å²) in [4.78, 5) is 20.7. The Morgan fingerprint density at radius 1 is 1.23 bits per heavy atom. The first-order valence-corrected chi connectivity index (χ1v) is 3.83. The Labute approximate surface area is 76.2 Å². The van der Waals surface area contributed by atoms with E-state index in [0.717, 1.165) is 6.08 Å². The molecule has 0 heterocycles. The second-order valence-electron chi connectivity index (χ2n) is 2.48. The van der Waals surface area contributed by atoms with Crippen molar-refractivity contribution in [1.29, 1.82) is 0 Å². The van der Waals surface area contributed by atoms with Gasteiger partial charge in [0.2, 0.25) is 0 Å². The van der Waals surface area contributed by atoms with Gasteiger partial charge in [0, 0.05) is 11.6 Å². The topological polar surface area (TPSA) is 74.6 Å². The molecule has 0 spiro atoms. The number of carboxylic acids is 2. The molecule has 0 atom stereocenters. The van der Waals surface area contributed by atoms with E-state index in [1.165, 1.54) is 13.0 Å². The first-order chi connectivity index (χ1) is 5.99. The Morgan fingerprint density at radius 2 is 1.77 bits per heavy atom. The van der Waals surface area contributed by atoms with Crippen LogP contribution in [0, 0.1) is 0 Å². The van der Waals surface area contributed by atoms with Gasteiger partial charge in [-0.05, 0) is 18.9 Å². The molecule has 0 aliphatic rings. The highest BCUT2D eigenvalue weighted by atomic mass is 16.4. The van der Waals surface area contributed by atoms with Crippen LogP contribution >= 0.6 is 0 Å². The molecule has 0 rings (SSSR count). The summed E-state index contributed by atoms with van der Waals surface area (Å²) >= 11 is 0. The van der Waals surface area contributed by atoms with Gasteiger partial charge in [-0.3, -0.25) is 0 Å². The molecule has 72 valence electrons. The number of rotatable bonds is 4. The van der Waals surface area contributed by atoms with Crippen molar-refractivity contribution in [3.05, 3.63) is 23.3 Å². The fourth-order valence-corrected chi connectivity index (χ4v) is 0.817. The molecular weight excluding hydrogens is 172 g/mol. The van der Waals surface area contributed by atoms with Gasteiger partial charge in [0.15, 0.2) is 0 Å². The lowest BCUT2D eigenvalue weighted by Crippen LogP contribution is -2.00. The van der Waals surface area contributed by atoms with Crippen LogP contribution in [0.5, 0.6) is 0 Å². The Bertz CT molecular complexity index is 273. The highest BCUT2D eigenvalue weighted by Gasteiger charge is 2.04. The minimum absolute atomic E-state index is 0.181. The molecule has 0 aromatic heterocycles. The van der Waals surface area contributed by atoms with E-state index in [-0.39, 0.29) is 5.57 Å². The summed E-state index contributed by atoms with van der Waals surface area (Å²) in [6.07, 6.45) is 2.75. The van der Waals surface area contributed by atoms with Crippen LogP contribution in [-0.2, 0) is 9.59 Å². The minimum atomic E-state index is -1.08. The largest absolute Gasteiger partial charge is 0.478 e. The zero-order valence-corrected chi connectivity index (χ0v) is 7.57. The van der Waals surface area contributed by atoms with Crippen LogP contribution in [0.4, 0.5) is 0 Å². The Hall–Kier alpha value is -1.58. The smallest absolute Gasteiger partial charge is 0.331 e. The fraction of sp³-hybridized carbons (Fsp3) is 0.333. The number of hydrogen-bond donors (Lipinski definition) is 2. The molecule has 2 N–H and O–H groups in total. The van der Waals surface area contributed by atoms with Gasteiger partial charge in [-0.25, -0.2) is 9.59 Å². The van der Waals surface area contributed by atoms with E-state index in [0.29, 0.717) is 12.0 Å². The van der Waals surface area contributed by atoms with Crippen molar-refractivity contribution in [2.24, 2.45) is 0 Å². The predicted molar refractivity (Wildman–Crippen MR) is 47.4 cm³/mol. The van der Waals surface area contributed by atoms with Crippen LogP contribution in [0.25, 0.3) is 0 Å². The van der Waals surface area contributed by atoms with Crippen LogP contribution in [0.1, 0.15) is 20.3 Å². The van der Waals surface area contributed by atoms with Gasteiger partial charge in [-0.15, -0.1) is 0 Å². The van der Waals surface area contributed by atoms with Gasteiger partial charge in [-0.1, -0.05) is 13.0 Å². The third kappa shape index (κ3) is 4.10. The molecule has 4 nitrogen and oxygen atoms in total. The van der Waals surface area contributed by atoms with Crippen LogP contribution in [-0.4, -0.2) is 22.2 Å². The summed E-state index contributed by atoms with van der Waals surface area (Å²) in [6, 6.07) is 0. The van der Waals surface area contributed by atoms with Gasteiger partial charge in [0.25, 0.3) is 0 Å². The van der Waals surface area contributed by atoms with E-state index >= 15 is 0 Å². The van der Waals surface area contributed by atoms with Crippen molar-refractivity contribution in [1.82, 2.24) is 0 Å². The van der Waals surface area contributed by atoms with E-state index in [4.69, 9.17) is 10.2 Å².